The number of rotatable bonds is 3. The van der Waals surface area contributed by atoms with Crippen LogP contribution in [0.25, 0.3) is 0 Å². The van der Waals surface area contributed by atoms with E-state index in [4.69, 9.17) is 5.11 Å². The van der Waals surface area contributed by atoms with E-state index in [2.05, 4.69) is 15.5 Å². The number of hydrogen-bond donors (Lipinski definition) is 1. The first-order valence-electron chi connectivity index (χ1n) is 4.51. The Morgan fingerprint density at radius 2 is 2.29 bits per heavy atom. The van der Waals surface area contributed by atoms with E-state index in [1.807, 2.05) is 0 Å². The molecule has 0 amide bonds. The molecule has 0 saturated carbocycles. The molecule has 1 aromatic carbocycles. The lowest BCUT2D eigenvalue weighted by Crippen LogP contribution is -1.98. The van der Waals surface area contributed by atoms with Crippen molar-refractivity contribution in [3.63, 3.8) is 0 Å². The van der Waals surface area contributed by atoms with E-state index in [1.165, 1.54) is 16.8 Å². The van der Waals surface area contributed by atoms with Crippen molar-refractivity contribution in [1.82, 2.24) is 20.2 Å². The molecule has 1 aromatic heterocycles. The summed E-state index contributed by atoms with van der Waals surface area (Å²) in [4.78, 5) is 10.9. The molecule has 2 aromatic rings. The van der Waals surface area contributed by atoms with Crippen molar-refractivity contribution in [2.24, 2.45) is 7.05 Å². The van der Waals surface area contributed by atoms with Gasteiger partial charge in [0.1, 0.15) is 5.82 Å². The van der Waals surface area contributed by atoms with Gasteiger partial charge in [0.25, 0.3) is 0 Å². The highest BCUT2D eigenvalue weighted by molar-refractivity contribution is 7.99. The molecule has 17 heavy (non-hydrogen) atoms. The fraction of sp³-hybridized carbons (Fsp3) is 0.111. The number of hydrogen-bond acceptors (Lipinski definition) is 5. The van der Waals surface area contributed by atoms with Crippen LogP contribution in [0.3, 0.4) is 0 Å². The van der Waals surface area contributed by atoms with E-state index in [1.54, 1.807) is 7.05 Å². The van der Waals surface area contributed by atoms with Gasteiger partial charge in [-0.15, -0.1) is 5.10 Å². The van der Waals surface area contributed by atoms with Crippen molar-refractivity contribution in [3.05, 3.63) is 29.6 Å². The Labute approximate surface area is 99.4 Å². The summed E-state index contributed by atoms with van der Waals surface area (Å²) in [6.45, 7) is 0. The number of benzene rings is 1. The molecular weight excluding hydrogens is 247 g/mol. The minimum atomic E-state index is -1.11. The largest absolute Gasteiger partial charge is 0.478 e. The van der Waals surface area contributed by atoms with E-state index in [9.17, 15) is 9.18 Å². The lowest BCUT2D eigenvalue weighted by molar-refractivity contribution is 0.0696. The van der Waals surface area contributed by atoms with Gasteiger partial charge in [-0.2, -0.15) is 0 Å². The molecule has 2 rings (SSSR count). The number of carboxylic acids is 1. The van der Waals surface area contributed by atoms with Gasteiger partial charge >= 0.3 is 5.97 Å². The molecule has 6 nitrogen and oxygen atoms in total. The summed E-state index contributed by atoms with van der Waals surface area (Å²) in [6.07, 6.45) is 0. The molecule has 88 valence electrons. The summed E-state index contributed by atoms with van der Waals surface area (Å²) in [7, 11) is 1.61. The number of halogens is 1. The van der Waals surface area contributed by atoms with Gasteiger partial charge in [-0.05, 0) is 40.4 Å². The predicted octanol–water partition coefficient (Wildman–Crippen LogP) is 1.20. The highest BCUT2D eigenvalue weighted by Gasteiger charge is 2.12. The fourth-order valence-electron chi connectivity index (χ4n) is 1.12. The topological polar surface area (TPSA) is 80.9 Å². The zero-order valence-electron chi connectivity index (χ0n) is 8.66. The summed E-state index contributed by atoms with van der Waals surface area (Å²) in [5.41, 5.74) is 0.0176. The van der Waals surface area contributed by atoms with Crippen molar-refractivity contribution < 1.29 is 14.3 Å². The Morgan fingerprint density at radius 3 is 2.88 bits per heavy atom. The summed E-state index contributed by atoms with van der Waals surface area (Å²) < 4.78 is 14.8. The number of carbonyl (C=O) groups is 1. The first-order valence-corrected chi connectivity index (χ1v) is 5.32. The third-order valence-corrected chi connectivity index (χ3v) is 3.02. The third-order valence-electron chi connectivity index (χ3n) is 1.96. The Hall–Kier alpha value is -1.96. The second kappa shape index (κ2) is 4.50. The Kier molecular flexibility index (Phi) is 3.05. The number of carboxylic acid groups (broad SMARTS) is 1. The van der Waals surface area contributed by atoms with Crippen molar-refractivity contribution in [1.29, 1.82) is 0 Å². The van der Waals surface area contributed by atoms with Crippen molar-refractivity contribution in [2.45, 2.75) is 10.1 Å². The van der Waals surface area contributed by atoms with Crippen LogP contribution in [0.5, 0.6) is 0 Å². The highest BCUT2D eigenvalue weighted by Crippen LogP contribution is 2.28. The molecule has 1 heterocycles. The quantitative estimate of drug-likeness (QED) is 0.886. The number of aromatic nitrogens is 4. The first kappa shape index (κ1) is 11.5. The van der Waals surface area contributed by atoms with Crippen LogP contribution >= 0.6 is 11.8 Å². The maximum absolute atomic E-state index is 13.5. The normalized spacial score (nSPS) is 10.5. The van der Waals surface area contributed by atoms with Crippen LogP contribution in [0.15, 0.2) is 28.3 Å². The zero-order chi connectivity index (χ0) is 12.4. The van der Waals surface area contributed by atoms with Gasteiger partial charge in [-0.1, -0.05) is 0 Å². The third kappa shape index (κ3) is 2.41. The number of aryl methyl sites for hydroxylation is 1. The smallest absolute Gasteiger partial charge is 0.335 e. The molecule has 0 spiro atoms. The minimum absolute atomic E-state index is 0.0176. The average molecular weight is 254 g/mol. The molecule has 0 bridgehead atoms. The van der Waals surface area contributed by atoms with Gasteiger partial charge in [0.2, 0.25) is 5.16 Å². The van der Waals surface area contributed by atoms with Crippen LogP contribution in [0.2, 0.25) is 0 Å². The highest BCUT2D eigenvalue weighted by atomic mass is 32.2. The van der Waals surface area contributed by atoms with Gasteiger partial charge in [-0.25, -0.2) is 13.9 Å². The molecule has 0 aliphatic carbocycles. The van der Waals surface area contributed by atoms with Crippen molar-refractivity contribution in [3.8, 4) is 0 Å². The first-order chi connectivity index (χ1) is 8.08. The van der Waals surface area contributed by atoms with Crippen molar-refractivity contribution >= 4 is 17.7 Å². The van der Waals surface area contributed by atoms with E-state index in [0.717, 1.165) is 17.8 Å². The molecular formula is C9H7FN4O2S. The molecule has 0 aliphatic heterocycles. The molecule has 0 saturated heterocycles. The number of tetrazole rings is 1. The van der Waals surface area contributed by atoms with Gasteiger partial charge in [0, 0.05) is 7.05 Å². The molecule has 0 radical (unpaired) electrons. The molecule has 0 unspecified atom stereocenters. The maximum Gasteiger partial charge on any atom is 0.335 e. The van der Waals surface area contributed by atoms with E-state index in [-0.39, 0.29) is 10.5 Å². The maximum atomic E-state index is 13.5. The molecule has 1 N–H and O–H groups in total. The molecule has 8 heteroatoms. The molecule has 0 fully saturated rings. The summed E-state index contributed by atoms with van der Waals surface area (Å²) in [5.74, 6) is -1.62. The number of nitrogens with zero attached hydrogens (tertiary/aromatic N) is 4. The summed E-state index contributed by atoms with van der Waals surface area (Å²) >= 11 is 0.968. The summed E-state index contributed by atoms with van der Waals surface area (Å²) in [6, 6.07) is 3.56. The Morgan fingerprint density at radius 1 is 1.53 bits per heavy atom. The van der Waals surface area contributed by atoms with Crippen LogP contribution in [0, 0.1) is 5.82 Å². The lowest BCUT2D eigenvalue weighted by atomic mass is 10.2. The van der Waals surface area contributed by atoms with Crippen LogP contribution in [0.1, 0.15) is 10.4 Å². The van der Waals surface area contributed by atoms with Gasteiger partial charge < -0.3 is 5.11 Å². The van der Waals surface area contributed by atoms with Crippen LogP contribution < -0.4 is 0 Å². The lowest BCUT2D eigenvalue weighted by Gasteiger charge is -2.02. The fourth-order valence-corrected chi connectivity index (χ4v) is 1.91. The Bertz CT molecular complexity index is 572. The van der Waals surface area contributed by atoms with Crippen molar-refractivity contribution in [2.75, 3.05) is 0 Å². The van der Waals surface area contributed by atoms with Crippen LogP contribution in [0.4, 0.5) is 4.39 Å². The number of aromatic carboxylic acids is 1. The SMILES string of the molecule is Cn1nnnc1Sc1cc(C(=O)O)ccc1F. The zero-order valence-corrected chi connectivity index (χ0v) is 9.48. The molecule has 0 aliphatic rings. The second-order valence-electron chi connectivity index (χ2n) is 3.14. The standard InChI is InChI=1S/C9H7FN4O2S/c1-14-9(11-12-13-14)17-7-4-5(8(15)16)2-3-6(7)10/h2-4H,1H3,(H,15,16). The second-order valence-corrected chi connectivity index (χ2v) is 4.15. The minimum Gasteiger partial charge on any atom is -0.478 e. The average Bonchev–Trinajstić information content (AvgIpc) is 2.67. The molecule has 0 atom stereocenters. The van der Waals surface area contributed by atoms with Gasteiger partial charge in [0.15, 0.2) is 0 Å². The van der Waals surface area contributed by atoms with E-state index >= 15 is 0 Å². The van der Waals surface area contributed by atoms with Gasteiger partial charge in [-0.3, -0.25) is 0 Å². The van der Waals surface area contributed by atoms with Crippen LogP contribution in [-0.4, -0.2) is 31.3 Å². The predicted molar refractivity (Wildman–Crippen MR) is 56.3 cm³/mol. The van der Waals surface area contributed by atoms with E-state index in [0.29, 0.717) is 5.16 Å². The summed E-state index contributed by atoms with van der Waals surface area (Å²) in [5, 5.41) is 19.9. The van der Waals surface area contributed by atoms with Crippen LogP contribution in [-0.2, 0) is 7.05 Å². The monoisotopic (exact) mass is 254 g/mol. The Balaban J connectivity index is 2.35. The van der Waals surface area contributed by atoms with E-state index < -0.39 is 11.8 Å². The van der Waals surface area contributed by atoms with Gasteiger partial charge in [0.05, 0.1) is 10.5 Å².